The normalized spacial score (nSPS) is 10.9. The monoisotopic (exact) mass is 500 g/mol. The zero-order valence-electron chi connectivity index (χ0n) is 19.7. The Balaban J connectivity index is 1.51. The number of amides is 1. The molecule has 0 spiro atoms. The van der Waals surface area contributed by atoms with Gasteiger partial charge in [0.2, 0.25) is 10.0 Å². The van der Waals surface area contributed by atoms with Crippen molar-refractivity contribution in [2.45, 2.75) is 11.3 Å². The number of hydrogen-bond donors (Lipinski definition) is 2. The lowest BCUT2D eigenvalue weighted by Gasteiger charge is -2.11. The number of nitrogens with one attached hydrogen (secondary N) is 2. The second-order valence-electron chi connectivity index (χ2n) is 7.35. The van der Waals surface area contributed by atoms with Gasteiger partial charge in [-0.15, -0.1) is 0 Å². The first kappa shape index (κ1) is 25.9. The predicted octanol–water partition coefficient (Wildman–Crippen LogP) is 3.25. The van der Waals surface area contributed by atoms with Gasteiger partial charge >= 0.3 is 0 Å². The van der Waals surface area contributed by atoms with Crippen LogP contribution in [0.25, 0.3) is 0 Å². The summed E-state index contributed by atoms with van der Waals surface area (Å²) < 4.78 is 49.0. The summed E-state index contributed by atoms with van der Waals surface area (Å²) in [6.07, 6.45) is 0.474. The molecule has 0 radical (unpaired) electrons. The van der Waals surface area contributed by atoms with Crippen molar-refractivity contribution < 1.29 is 32.2 Å². The number of anilines is 1. The highest BCUT2D eigenvalue weighted by atomic mass is 32.2. The molecule has 0 saturated carbocycles. The lowest BCUT2D eigenvalue weighted by molar-refractivity contribution is -0.118. The Morgan fingerprint density at radius 1 is 0.829 bits per heavy atom. The number of rotatable bonds is 12. The van der Waals surface area contributed by atoms with Gasteiger partial charge < -0.3 is 24.3 Å². The van der Waals surface area contributed by atoms with Gasteiger partial charge in [-0.25, -0.2) is 13.1 Å². The topological polar surface area (TPSA) is 112 Å². The van der Waals surface area contributed by atoms with Crippen LogP contribution < -0.4 is 29.0 Å². The lowest BCUT2D eigenvalue weighted by atomic mass is 10.1. The minimum atomic E-state index is -3.71. The van der Waals surface area contributed by atoms with Crippen molar-refractivity contribution in [1.29, 1.82) is 0 Å². The summed E-state index contributed by atoms with van der Waals surface area (Å²) in [6, 6.07) is 18.3. The van der Waals surface area contributed by atoms with Crippen molar-refractivity contribution in [1.82, 2.24) is 4.72 Å². The Bertz CT molecular complexity index is 1240. The maximum absolute atomic E-state index is 12.6. The van der Waals surface area contributed by atoms with Crippen LogP contribution in [0.15, 0.2) is 71.6 Å². The van der Waals surface area contributed by atoms with Crippen molar-refractivity contribution in [3.05, 3.63) is 72.3 Å². The Morgan fingerprint density at radius 3 is 2.20 bits per heavy atom. The zero-order chi connectivity index (χ0) is 25.3. The Kier molecular flexibility index (Phi) is 8.93. The molecule has 0 aromatic heterocycles. The molecule has 0 aliphatic rings. The smallest absolute Gasteiger partial charge is 0.262 e. The van der Waals surface area contributed by atoms with E-state index in [0.717, 1.165) is 5.56 Å². The number of carbonyl (C=O) groups excluding carboxylic acids is 1. The van der Waals surface area contributed by atoms with Crippen molar-refractivity contribution in [3.63, 3.8) is 0 Å². The summed E-state index contributed by atoms with van der Waals surface area (Å²) in [5.74, 6) is 1.72. The molecule has 0 heterocycles. The largest absolute Gasteiger partial charge is 0.495 e. The number of benzene rings is 3. The van der Waals surface area contributed by atoms with E-state index in [1.54, 1.807) is 44.6 Å². The SMILES string of the molecule is COc1ccccc1NC(=O)COc1ccc(S(=O)(=O)NCCc2ccc(OC)c(OC)c2)cc1. The third-order valence-corrected chi connectivity index (χ3v) is 6.52. The standard InChI is InChI=1S/C25H28N2O7S/c1-31-22-7-5-4-6-21(22)27-25(28)17-34-19-9-11-20(12-10-19)35(29,30)26-15-14-18-8-13-23(32-2)24(16-18)33-3/h4-13,16,26H,14-15,17H2,1-3H3,(H,27,28). The number of sulfonamides is 1. The lowest BCUT2D eigenvalue weighted by Crippen LogP contribution is -2.26. The fourth-order valence-electron chi connectivity index (χ4n) is 3.25. The molecule has 3 aromatic carbocycles. The quantitative estimate of drug-likeness (QED) is 0.393. The second-order valence-corrected chi connectivity index (χ2v) is 9.11. The second kappa shape index (κ2) is 12.1. The molecule has 0 unspecified atom stereocenters. The average molecular weight is 501 g/mol. The molecule has 3 rings (SSSR count). The molecule has 186 valence electrons. The van der Waals surface area contributed by atoms with Crippen LogP contribution in [0.3, 0.4) is 0 Å². The van der Waals surface area contributed by atoms with Gasteiger partial charge in [-0.1, -0.05) is 18.2 Å². The fraction of sp³-hybridized carbons (Fsp3) is 0.240. The summed E-state index contributed by atoms with van der Waals surface area (Å²) in [5.41, 5.74) is 1.43. The molecule has 0 saturated heterocycles. The van der Waals surface area contributed by atoms with Crippen LogP contribution in [0.5, 0.6) is 23.0 Å². The summed E-state index contributed by atoms with van der Waals surface area (Å²) in [5, 5.41) is 2.71. The van der Waals surface area contributed by atoms with Crippen LogP contribution in [-0.4, -0.2) is 48.8 Å². The minimum absolute atomic E-state index is 0.0932. The number of carbonyl (C=O) groups is 1. The molecule has 0 fully saturated rings. The Hall–Kier alpha value is -3.76. The molecule has 0 bridgehead atoms. The zero-order valence-corrected chi connectivity index (χ0v) is 20.6. The summed E-state index contributed by atoms with van der Waals surface area (Å²) in [4.78, 5) is 12.3. The molecule has 10 heteroatoms. The third-order valence-electron chi connectivity index (χ3n) is 5.04. The molecule has 1 amide bonds. The number of para-hydroxylation sites is 2. The van der Waals surface area contributed by atoms with Gasteiger partial charge in [0.1, 0.15) is 11.5 Å². The Labute approximate surface area is 205 Å². The van der Waals surface area contributed by atoms with Crippen molar-refractivity contribution in [2.75, 3.05) is 39.8 Å². The van der Waals surface area contributed by atoms with Gasteiger partial charge in [0.25, 0.3) is 5.91 Å². The molecular formula is C25H28N2O7S. The highest BCUT2D eigenvalue weighted by Gasteiger charge is 2.14. The van der Waals surface area contributed by atoms with Crippen molar-refractivity contribution in [3.8, 4) is 23.0 Å². The first-order chi connectivity index (χ1) is 16.9. The van der Waals surface area contributed by atoms with Gasteiger partial charge in [0, 0.05) is 6.54 Å². The van der Waals surface area contributed by atoms with Gasteiger partial charge in [-0.05, 0) is 60.5 Å². The van der Waals surface area contributed by atoms with Crippen LogP contribution >= 0.6 is 0 Å². The van der Waals surface area contributed by atoms with E-state index in [2.05, 4.69) is 10.0 Å². The Morgan fingerprint density at radius 2 is 1.51 bits per heavy atom. The molecule has 3 aromatic rings. The van der Waals surface area contributed by atoms with Gasteiger partial charge in [-0.3, -0.25) is 4.79 Å². The summed E-state index contributed by atoms with van der Waals surface area (Å²) in [6.45, 7) is -0.0348. The number of methoxy groups -OCH3 is 3. The van der Waals surface area contributed by atoms with Crippen molar-refractivity contribution in [2.24, 2.45) is 0 Å². The maximum atomic E-state index is 12.6. The van der Waals surface area contributed by atoms with E-state index in [4.69, 9.17) is 18.9 Å². The fourth-order valence-corrected chi connectivity index (χ4v) is 4.28. The van der Waals surface area contributed by atoms with Crippen LogP contribution in [0.1, 0.15) is 5.56 Å². The van der Waals surface area contributed by atoms with Gasteiger partial charge in [0.15, 0.2) is 18.1 Å². The van der Waals surface area contributed by atoms with E-state index < -0.39 is 10.0 Å². The summed E-state index contributed by atoms with van der Waals surface area (Å²) in [7, 11) is 0.907. The van der Waals surface area contributed by atoms with Crippen molar-refractivity contribution >= 4 is 21.6 Å². The molecule has 35 heavy (non-hydrogen) atoms. The minimum Gasteiger partial charge on any atom is -0.495 e. The molecule has 2 N–H and O–H groups in total. The van der Waals surface area contributed by atoms with Crippen LogP contribution in [0, 0.1) is 0 Å². The third kappa shape index (κ3) is 7.11. The highest BCUT2D eigenvalue weighted by Crippen LogP contribution is 2.27. The molecule has 0 aliphatic carbocycles. The van der Waals surface area contributed by atoms with Gasteiger partial charge in [-0.2, -0.15) is 0 Å². The first-order valence-electron chi connectivity index (χ1n) is 10.7. The number of hydrogen-bond acceptors (Lipinski definition) is 7. The van der Waals surface area contributed by atoms with E-state index in [0.29, 0.717) is 35.1 Å². The molecule has 0 aliphatic heterocycles. The highest BCUT2D eigenvalue weighted by molar-refractivity contribution is 7.89. The molecule has 9 nitrogen and oxygen atoms in total. The van der Waals surface area contributed by atoms with Crippen LogP contribution in [0.2, 0.25) is 0 Å². The maximum Gasteiger partial charge on any atom is 0.262 e. The van der Waals surface area contributed by atoms with E-state index in [1.807, 2.05) is 12.1 Å². The average Bonchev–Trinajstić information content (AvgIpc) is 2.87. The summed E-state index contributed by atoms with van der Waals surface area (Å²) >= 11 is 0. The van der Waals surface area contributed by atoms with Crippen LogP contribution in [0.4, 0.5) is 5.69 Å². The first-order valence-corrected chi connectivity index (χ1v) is 12.2. The molecular weight excluding hydrogens is 472 g/mol. The predicted molar refractivity (Wildman–Crippen MR) is 132 cm³/mol. The van der Waals surface area contributed by atoms with Crippen LogP contribution in [-0.2, 0) is 21.2 Å². The van der Waals surface area contributed by atoms with E-state index in [1.165, 1.54) is 31.4 Å². The molecule has 0 atom stereocenters. The van der Waals surface area contributed by atoms with E-state index in [-0.39, 0.29) is 24.0 Å². The van der Waals surface area contributed by atoms with E-state index in [9.17, 15) is 13.2 Å². The number of ether oxygens (including phenoxy) is 4. The van der Waals surface area contributed by atoms with E-state index >= 15 is 0 Å². The van der Waals surface area contributed by atoms with Gasteiger partial charge in [0.05, 0.1) is 31.9 Å².